The molecule has 1 aromatic heterocycles. The van der Waals surface area contributed by atoms with E-state index in [1.165, 1.54) is 17.3 Å². The van der Waals surface area contributed by atoms with Crippen LogP contribution < -0.4 is 10.1 Å². The predicted molar refractivity (Wildman–Crippen MR) is 99.2 cm³/mol. The summed E-state index contributed by atoms with van der Waals surface area (Å²) in [7, 11) is 0. The Morgan fingerprint density at radius 2 is 1.80 bits per heavy atom. The van der Waals surface area contributed by atoms with Gasteiger partial charge in [-0.2, -0.15) is 8.75 Å². The number of nitrogens with zero attached hydrogens (tertiary/aromatic N) is 2. The van der Waals surface area contributed by atoms with Gasteiger partial charge in [0, 0.05) is 11.3 Å². The average molecular weight is 353 g/mol. The molecular formula is C19H19N3O2S. The Hall–Kier alpha value is -2.73. The highest BCUT2D eigenvalue weighted by atomic mass is 32.1. The molecule has 0 atom stereocenters. The number of ether oxygens (including phenoxy) is 1. The summed E-state index contributed by atoms with van der Waals surface area (Å²) in [4.78, 5) is 12.3. The van der Waals surface area contributed by atoms with Gasteiger partial charge in [0.1, 0.15) is 18.1 Å². The summed E-state index contributed by atoms with van der Waals surface area (Å²) in [5.41, 5.74) is 4.33. The number of aryl methyl sites for hydroxylation is 2. The van der Waals surface area contributed by atoms with Gasteiger partial charge in [-0.15, -0.1) is 0 Å². The number of rotatable bonds is 6. The summed E-state index contributed by atoms with van der Waals surface area (Å²) in [6.45, 7) is 4.38. The zero-order valence-corrected chi connectivity index (χ0v) is 15.0. The normalized spacial score (nSPS) is 10.5. The highest BCUT2D eigenvalue weighted by molar-refractivity contribution is 6.99. The van der Waals surface area contributed by atoms with Crippen LogP contribution in [0, 0.1) is 6.92 Å². The van der Waals surface area contributed by atoms with Gasteiger partial charge < -0.3 is 10.1 Å². The summed E-state index contributed by atoms with van der Waals surface area (Å²) in [5.74, 6) is 0.548. The molecule has 1 amide bonds. The third-order valence-electron chi connectivity index (χ3n) is 3.86. The van der Waals surface area contributed by atoms with E-state index in [2.05, 4.69) is 21.0 Å². The first kappa shape index (κ1) is 17.1. The van der Waals surface area contributed by atoms with Gasteiger partial charge in [0.25, 0.3) is 5.91 Å². The smallest absolute Gasteiger partial charge is 0.255 e. The van der Waals surface area contributed by atoms with Gasteiger partial charge in [0.15, 0.2) is 0 Å². The molecule has 0 saturated heterocycles. The second-order valence-electron chi connectivity index (χ2n) is 5.61. The Morgan fingerprint density at radius 3 is 2.40 bits per heavy atom. The quantitative estimate of drug-likeness (QED) is 0.720. The molecule has 3 rings (SSSR count). The van der Waals surface area contributed by atoms with E-state index in [1.54, 1.807) is 24.3 Å². The van der Waals surface area contributed by atoms with Crippen LogP contribution in [0.5, 0.6) is 5.75 Å². The molecule has 2 aromatic carbocycles. The van der Waals surface area contributed by atoms with Crippen LogP contribution >= 0.6 is 11.7 Å². The Balaban J connectivity index is 1.59. The van der Waals surface area contributed by atoms with E-state index in [-0.39, 0.29) is 5.91 Å². The molecule has 128 valence electrons. The van der Waals surface area contributed by atoms with Gasteiger partial charge in [-0.3, -0.25) is 4.79 Å². The zero-order valence-electron chi connectivity index (χ0n) is 14.2. The average Bonchev–Trinajstić information content (AvgIpc) is 3.06. The van der Waals surface area contributed by atoms with Gasteiger partial charge in [-0.1, -0.05) is 19.1 Å². The Kier molecular flexibility index (Phi) is 5.40. The number of nitrogens with one attached hydrogen (secondary N) is 1. The highest BCUT2D eigenvalue weighted by Crippen LogP contribution is 2.17. The molecular weight excluding hydrogens is 334 g/mol. The third-order valence-corrected chi connectivity index (χ3v) is 4.52. The van der Waals surface area contributed by atoms with Crippen LogP contribution in [-0.2, 0) is 13.0 Å². The van der Waals surface area contributed by atoms with E-state index in [0.29, 0.717) is 17.9 Å². The fraction of sp³-hybridized carbons (Fsp3) is 0.211. The van der Waals surface area contributed by atoms with Crippen molar-refractivity contribution in [2.75, 3.05) is 5.32 Å². The second-order valence-corrected chi connectivity index (χ2v) is 6.14. The van der Waals surface area contributed by atoms with E-state index in [9.17, 15) is 4.79 Å². The Labute approximate surface area is 151 Å². The molecule has 6 heteroatoms. The fourth-order valence-electron chi connectivity index (χ4n) is 2.26. The summed E-state index contributed by atoms with van der Waals surface area (Å²) in [5, 5.41) is 2.89. The van der Waals surface area contributed by atoms with Gasteiger partial charge in [0.2, 0.25) is 0 Å². The molecule has 0 spiro atoms. The van der Waals surface area contributed by atoms with Gasteiger partial charge in [-0.05, 0) is 55.3 Å². The van der Waals surface area contributed by atoms with Crippen molar-refractivity contribution >= 4 is 23.3 Å². The minimum Gasteiger partial charge on any atom is -0.487 e. The van der Waals surface area contributed by atoms with E-state index < -0.39 is 0 Å². The Bertz CT molecular complexity index is 842. The first-order valence-electron chi connectivity index (χ1n) is 8.07. The molecule has 0 bridgehead atoms. The minimum atomic E-state index is -0.143. The molecule has 25 heavy (non-hydrogen) atoms. The number of anilines is 1. The molecule has 5 nitrogen and oxygen atoms in total. The maximum atomic E-state index is 12.3. The fourth-order valence-corrected chi connectivity index (χ4v) is 2.81. The van der Waals surface area contributed by atoms with Crippen molar-refractivity contribution in [2.24, 2.45) is 0 Å². The van der Waals surface area contributed by atoms with Crippen molar-refractivity contribution in [1.82, 2.24) is 8.75 Å². The van der Waals surface area contributed by atoms with E-state index in [1.807, 2.05) is 31.2 Å². The maximum Gasteiger partial charge on any atom is 0.255 e. The van der Waals surface area contributed by atoms with Crippen LogP contribution in [0.25, 0.3) is 0 Å². The van der Waals surface area contributed by atoms with Crippen molar-refractivity contribution in [3.8, 4) is 5.75 Å². The van der Waals surface area contributed by atoms with Crippen molar-refractivity contribution in [2.45, 2.75) is 26.9 Å². The summed E-state index contributed by atoms with van der Waals surface area (Å²) in [6.07, 6.45) is 0.978. The molecule has 0 saturated carbocycles. The molecule has 3 aromatic rings. The monoisotopic (exact) mass is 353 g/mol. The van der Waals surface area contributed by atoms with Gasteiger partial charge >= 0.3 is 0 Å². The van der Waals surface area contributed by atoms with Crippen molar-refractivity contribution in [3.05, 3.63) is 71.0 Å². The van der Waals surface area contributed by atoms with Crippen molar-refractivity contribution < 1.29 is 9.53 Å². The molecule has 0 aliphatic carbocycles. The third kappa shape index (κ3) is 4.42. The molecule has 1 heterocycles. The molecule has 0 aliphatic rings. The molecule has 0 aliphatic heterocycles. The van der Waals surface area contributed by atoms with E-state index >= 15 is 0 Å². The lowest BCUT2D eigenvalue weighted by Gasteiger charge is -2.08. The van der Waals surface area contributed by atoms with Crippen molar-refractivity contribution in [1.29, 1.82) is 0 Å². The topological polar surface area (TPSA) is 64.1 Å². The van der Waals surface area contributed by atoms with Crippen LogP contribution in [0.2, 0.25) is 0 Å². The molecule has 0 unspecified atom stereocenters. The number of amides is 1. The van der Waals surface area contributed by atoms with E-state index in [0.717, 1.165) is 23.5 Å². The first-order valence-corrected chi connectivity index (χ1v) is 8.80. The molecule has 0 radical (unpaired) electrons. The SMILES string of the molecule is CCc1ccc(NC(=O)c2ccc(OCc3nsnc3C)cc2)cc1. The lowest BCUT2D eigenvalue weighted by molar-refractivity contribution is 0.102. The minimum absolute atomic E-state index is 0.143. The van der Waals surface area contributed by atoms with Crippen LogP contribution in [0.3, 0.4) is 0 Å². The summed E-state index contributed by atoms with van der Waals surface area (Å²) >= 11 is 1.18. The Morgan fingerprint density at radius 1 is 1.08 bits per heavy atom. The zero-order chi connectivity index (χ0) is 17.6. The number of hydrogen-bond donors (Lipinski definition) is 1. The maximum absolute atomic E-state index is 12.3. The number of benzene rings is 2. The molecule has 1 N–H and O–H groups in total. The van der Waals surface area contributed by atoms with Crippen molar-refractivity contribution in [3.63, 3.8) is 0 Å². The second kappa shape index (κ2) is 7.90. The summed E-state index contributed by atoms with van der Waals surface area (Å²) < 4.78 is 14.0. The van der Waals surface area contributed by atoms with Crippen LogP contribution in [0.1, 0.15) is 34.2 Å². The standard InChI is InChI=1S/C19H19N3O2S/c1-3-14-4-8-16(9-5-14)20-19(23)15-6-10-17(11-7-15)24-12-18-13(2)21-25-22-18/h4-11H,3,12H2,1-2H3,(H,20,23). The van der Waals surface area contributed by atoms with Crippen LogP contribution in [-0.4, -0.2) is 14.7 Å². The lowest BCUT2D eigenvalue weighted by Crippen LogP contribution is -2.11. The lowest BCUT2D eigenvalue weighted by atomic mass is 10.1. The first-order chi connectivity index (χ1) is 12.2. The molecule has 0 fully saturated rings. The number of aromatic nitrogens is 2. The van der Waals surface area contributed by atoms with Crippen LogP contribution in [0.15, 0.2) is 48.5 Å². The van der Waals surface area contributed by atoms with Crippen LogP contribution in [0.4, 0.5) is 5.69 Å². The largest absolute Gasteiger partial charge is 0.487 e. The highest BCUT2D eigenvalue weighted by Gasteiger charge is 2.08. The number of hydrogen-bond acceptors (Lipinski definition) is 5. The summed E-state index contributed by atoms with van der Waals surface area (Å²) in [6, 6.07) is 14.9. The number of carbonyl (C=O) groups is 1. The van der Waals surface area contributed by atoms with E-state index in [4.69, 9.17) is 4.74 Å². The van der Waals surface area contributed by atoms with Gasteiger partial charge in [0.05, 0.1) is 17.4 Å². The predicted octanol–water partition coefficient (Wildman–Crippen LogP) is 4.24. The van der Waals surface area contributed by atoms with Gasteiger partial charge in [-0.25, -0.2) is 0 Å². The number of carbonyl (C=O) groups excluding carboxylic acids is 1.